The van der Waals surface area contributed by atoms with Gasteiger partial charge in [-0.25, -0.2) is 0 Å². The Kier molecular flexibility index (Phi) is 42.3. The normalized spacial score (nSPS) is 17.1. The van der Waals surface area contributed by atoms with Crippen molar-refractivity contribution >= 4 is 22.1 Å². The standard InChI is InChI=1S/C46H86O21S/c1-4-6-7-8-9-10-11-12-13-14-46(3)66-40-42(67-46)39-63-38-41(37-62-15-5-2)64-34-32-60-30-28-58-26-24-56-22-20-54-18-16-53-17-19-55-21-23-57-25-27-59-29-31-61-33-35-65-44(47)36-43(45(48)49)68(50,51)52/h5,41-43H,2,4,6-40H2,1,3H3,(H,48,49)(H,50,51,52). The zero-order valence-electron chi connectivity index (χ0n) is 41.0. The van der Waals surface area contributed by atoms with Crippen molar-refractivity contribution in [3.63, 3.8) is 0 Å². The summed E-state index contributed by atoms with van der Waals surface area (Å²) in [7, 11) is -4.93. The fraction of sp³-hybridized carbons (Fsp3) is 0.913. The predicted molar refractivity (Wildman–Crippen MR) is 249 cm³/mol. The van der Waals surface area contributed by atoms with Crippen molar-refractivity contribution in [1.82, 2.24) is 0 Å². The highest BCUT2D eigenvalue weighted by Crippen LogP contribution is 2.29. The number of ether oxygens (including phenoxy) is 15. The second kappa shape index (κ2) is 44.9. The van der Waals surface area contributed by atoms with Gasteiger partial charge in [0.25, 0.3) is 10.1 Å². The zero-order chi connectivity index (χ0) is 49.7. The van der Waals surface area contributed by atoms with Gasteiger partial charge in [0, 0.05) is 6.42 Å². The number of carbonyl (C=O) groups is 2. The first-order chi connectivity index (χ1) is 33.0. The minimum Gasteiger partial charge on any atom is -0.480 e. The molecule has 0 aromatic rings. The molecule has 2 N–H and O–H groups in total. The Labute approximate surface area is 405 Å². The number of esters is 1. The van der Waals surface area contributed by atoms with Crippen LogP contribution in [-0.2, 0) is 90.8 Å². The van der Waals surface area contributed by atoms with Crippen LogP contribution in [0, 0.1) is 0 Å². The summed E-state index contributed by atoms with van der Waals surface area (Å²) in [4.78, 5) is 22.4. The van der Waals surface area contributed by atoms with Gasteiger partial charge in [-0.3, -0.25) is 14.1 Å². The van der Waals surface area contributed by atoms with Gasteiger partial charge in [0.1, 0.15) is 18.8 Å². The van der Waals surface area contributed by atoms with Gasteiger partial charge in [0.05, 0.1) is 165 Å². The second-order valence-electron chi connectivity index (χ2n) is 15.9. The number of hydrogen-bond acceptors (Lipinski definition) is 19. The molecule has 1 aliphatic heterocycles. The van der Waals surface area contributed by atoms with E-state index in [2.05, 4.69) is 13.5 Å². The Bertz CT molecular complexity index is 1300. The molecule has 1 aliphatic rings. The molecule has 1 saturated heterocycles. The number of rotatable bonds is 53. The monoisotopic (exact) mass is 1010 g/mol. The first-order valence-electron chi connectivity index (χ1n) is 24.2. The quantitative estimate of drug-likeness (QED) is 0.0377. The van der Waals surface area contributed by atoms with Crippen molar-refractivity contribution in [3.05, 3.63) is 12.7 Å². The summed E-state index contributed by atoms with van der Waals surface area (Å²) < 4.78 is 115. The topological polar surface area (TPSA) is 247 Å². The lowest BCUT2D eigenvalue weighted by Crippen LogP contribution is -2.32. The third-order valence-corrected chi connectivity index (χ3v) is 11.0. The van der Waals surface area contributed by atoms with Crippen LogP contribution in [0.4, 0.5) is 0 Å². The SMILES string of the molecule is C=CCOCC(COCC1COC(C)(CCCCCCCCCCC)O1)OCCOCCOCCOCCOCCOCCOCCOCCOCCOCCOC(=O)CC(C(=O)O)S(=O)(=O)O. The summed E-state index contributed by atoms with van der Waals surface area (Å²) in [5, 5.41) is 6.50. The van der Waals surface area contributed by atoms with E-state index < -0.39 is 39.5 Å². The van der Waals surface area contributed by atoms with E-state index in [1.54, 1.807) is 6.08 Å². The number of unbranched alkanes of at least 4 members (excludes halogenated alkanes) is 8. The second-order valence-corrected chi connectivity index (χ2v) is 17.5. The van der Waals surface area contributed by atoms with Crippen molar-refractivity contribution in [1.29, 1.82) is 0 Å². The molecule has 1 fully saturated rings. The average Bonchev–Trinajstić information content (AvgIpc) is 3.68. The molecule has 0 saturated carbocycles. The van der Waals surface area contributed by atoms with Crippen molar-refractivity contribution < 1.29 is 98.7 Å². The number of aliphatic carboxylic acids is 1. The minimum absolute atomic E-state index is 0.00577. The molecule has 0 bridgehead atoms. The fourth-order valence-corrected chi connectivity index (χ4v) is 6.90. The van der Waals surface area contributed by atoms with E-state index in [-0.39, 0.29) is 38.6 Å². The molecule has 0 aliphatic carbocycles. The van der Waals surface area contributed by atoms with Crippen LogP contribution in [0.25, 0.3) is 0 Å². The average molecular weight is 1010 g/mol. The maximum Gasteiger partial charge on any atom is 0.325 e. The maximum atomic E-state index is 11.6. The summed E-state index contributed by atoms with van der Waals surface area (Å²) in [6.45, 7) is 17.1. The summed E-state index contributed by atoms with van der Waals surface area (Å²) in [6.07, 6.45) is 12.8. The third-order valence-electron chi connectivity index (χ3n) is 9.91. The Hall–Kier alpha value is -1.97. The van der Waals surface area contributed by atoms with Gasteiger partial charge in [0.2, 0.25) is 0 Å². The molecule has 21 nitrogen and oxygen atoms in total. The van der Waals surface area contributed by atoms with Crippen LogP contribution in [0.2, 0.25) is 0 Å². The van der Waals surface area contributed by atoms with Crippen molar-refractivity contribution in [2.24, 2.45) is 0 Å². The van der Waals surface area contributed by atoms with Crippen LogP contribution in [-0.4, -0.2) is 218 Å². The van der Waals surface area contributed by atoms with Crippen molar-refractivity contribution in [3.8, 4) is 0 Å². The van der Waals surface area contributed by atoms with E-state index >= 15 is 0 Å². The molecule has 0 spiro atoms. The van der Waals surface area contributed by atoms with Gasteiger partial charge >= 0.3 is 11.9 Å². The van der Waals surface area contributed by atoms with Crippen LogP contribution >= 0.6 is 0 Å². The molecule has 4 unspecified atom stereocenters. The van der Waals surface area contributed by atoms with E-state index in [0.717, 1.165) is 12.8 Å². The summed E-state index contributed by atoms with van der Waals surface area (Å²) in [5.41, 5.74) is 0. The lowest BCUT2D eigenvalue weighted by molar-refractivity contribution is -0.166. The van der Waals surface area contributed by atoms with E-state index in [9.17, 15) is 18.0 Å². The molecule has 1 heterocycles. The van der Waals surface area contributed by atoms with Crippen molar-refractivity contribution in [2.75, 3.05) is 165 Å². The lowest BCUT2D eigenvalue weighted by Gasteiger charge is -2.23. The van der Waals surface area contributed by atoms with Gasteiger partial charge < -0.3 is 76.2 Å². The molecular formula is C46H86O21S. The first-order valence-corrected chi connectivity index (χ1v) is 25.7. The predicted octanol–water partition coefficient (Wildman–Crippen LogP) is 4.07. The molecular weight excluding hydrogens is 921 g/mol. The summed E-state index contributed by atoms with van der Waals surface area (Å²) >= 11 is 0. The maximum absolute atomic E-state index is 11.6. The highest BCUT2D eigenvalue weighted by atomic mass is 32.2. The van der Waals surface area contributed by atoms with Gasteiger partial charge in [-0.05, 0) is 13.3 Å². The first kappa shape index (κ1) is 64.0. The molecule has 0 amide bonds. The molecule has 68 heavy (non-hydrogen) atoms. The number of hydrogen-bond donors (Lipinski definition) is 2. The molecule has 22 heteroatoms. The Morgan fingerprint density at radius 2 is 1.04 bits per heavy atom. The van der Waals surface area contributed by atoms with Crippen LogP contribution in [0.5, 0.6) is 0 Å². The molecule has 0 aromatic carbocycles. The summed E-state index contributed by atoms with van der Waals surface area (Å²) in [5.74, 6) is -3.48. The fourth-order valence-electron chi connectivity index (χ4n) is 6.30. The molecule has 1 rings (SSSR count). The molecule has 402 valence electrons. The Balaban J connectivity index is 1.85. The lowest BCUT2D eigenvalue weighted by atomic mass is 10.0. The van der Waals surface area contributed by atoms with Crippen LogP contribution in [0.15, 0.2) is 12.7 Å². The Morgan fingerprint density at radius 3 is 1.47 bits per heavy atom. The van der Waals surface area contributed by atoms with Crippen LogP contribution < -0.4 is 0 Å². The summed E-state index contributed by atoms with van der Waals surface area (Å²) in [6, 6.07) is 0. The smallest absolute Gasteiger partial charge is 0.325 e. The van der Waals surface area contributed by atoms with Crippen LogP contribution in [0.3, 0.4) is 0 Å². The van der Waals surface area contributed by atoms with Crippen LogP contribution in [0.1, 0.15) is 84.5 Å². The number of carboxylic acids is 1. The van der Waals surface area contributed by atoms with E-state index in [0.29, 0.717) is 139 Å². The molecule has 0 radical (unpaired) electrons. The van der Waals surface area contributed by atoms with E-state index in [1.165, 1.54) is 51.4 Å². The Morgan fingerprint density at radius 1 is 0.632 bits per heavy atom. The van der Waals surface area contributed by atoms with E-state index in [1.807, 2.05) is 6.92 Å². The number of carboxylic acid groups (broad SMARTS) is 1. The number of carbonyl (C=O) groups excluding carboxylic acids is 1. The zero-order valence-corrected chi connectivity index (χ0v) is 41.8. The highest BCUT2D eigenvalue weighted by molar-refractivity contribution is 7.87. The van der Waals surface area contributed by atoms with Gasteiger partial charge in [-0.1, -0.05) is 64.4 Å². The highest BCUT2D eigenvalue weighted by Gasteiger charge is 2.37. The van der Waals surface area contributed by atoms with Crippen molar-refractivity contribution in [2.45, 2.75) is 108 Å². The van der Waals surface area contributed by atoms with Gasteiger partial charge in [-0.2, -0.15) is 8.42 Å². The van der Waals surface area contributed by atoms with Gasteiger partial charge in [0.15, 0.2) is 11.0 Å². The van der Waals surface area contributed by atoms with E-state index in [4.69, 9.17) is 80.7 Å². The molecule has 4 atom stereocenters. The minimum atomic E-state index is -4.93. The third kappa shape index (κ3) is 39.7. The van der Waals surface area contributed by atoms with Gasteiger partial charge in [-0.15, -0.1) is 6.58 Å². The largest absolute Gasteiger partial charge is 0.480 e. The molecule has 0 aromatic heterocycles.